The van der Waals surface area contributed by atoms with Gasteiger partial charge in [0.25, 0.3) is 0 Å². The number of rotatable bonds is 6. The van der Waals surface area contributed by atoms with Crippen molar-refractivity contribution in [1.29, 1.82) is 0 Å². The van der Waals surface area contributed by atoms with Crippen LogP contribution in [0.1, 0.15) is 38.5 Å². The van der Waals surface area contributed by atoms with Gasteiger partial charge in [0.2, 0.25) is 0 Å². The Labute approximate surface area is 127 Å². The molecule has 1 N–H and O–H groups in total. The first kappa shape index (κ1) is 15.7. The summed E-state index contributed by atoms with van der Waals surface area (Å²) in [6, 6.07) is 2.66. The third-order valence-corrected chi connectivity index (χ3v) is 4.16. The van der Waals surface area contributed by atoms with E-state index in [2.05, 4.69) is 21.2 Å². The fourth-order valence-electron chi connectivity index (χ4n) is 2.53. The van der Waals surface area contributed by atoms with E-state index in [9.17, 15) is 8.78 Å². The molecule has 1 aliphatic rings. The van der Waals surface area contributed by atoms with Gasteiger partial charge in [0.05, 0.1) is 11.1 Å². The second-order valence-electron chi connectivity index (χ2n) is 5.19. The molecule has 0 bridgehead atoms. The van der Waals surface area contributed by atoms with Gasteiger partial charge in [-0.3, -0.25) is 0 Å². The number of halogens is 3. The number of benzene rings is 1. The molecule has 1 saturated carbocycles. The monoisotopic (exact) mass is 347 g/mol. The van der Waals surface area contributed by atoms with E-state index in [1.807, 2.05) is 0 Å². The average molecular weight is 348 g/mol. The van der Waals surface area contributed by atoms with Gasteiger partial charge in [-0.1, -0.05) is 19.3 Å². The van der Waals surface area contributed by atoms with E-state index in [-0.39, 0.29) is 5.75 Å². The summed E-state index contributed by atoms with van der Waals surface area (Å²) in [5.41, 5.74) is 0. The fraction of sp³-hybridized carbons (Fsp3) is 0.600. The molecule has 0 aliphatic heterocycles. The van der Waals surface area contributed by atoms with Gasteiger partial charge in [0.1, 0.15) is 5.82 Å². The van der Waals surface area contributed by atoms with Crippen molar-refractivity contribution in [1.82, 2.24) is 5.32 Å². The van der Waals surface area contributed by atoms with Crippen LogP contribution in [0.5, 0.6) is 5.75 Å². The molecule has 0 heterocycles. The zero-order valence-corrected chi connectivity index (χ0v) is 13.0. The van der Waals surface area contributed by atoms with Gasteiger partial charge >= 0.3 is 0 Å². The van der Waals surface area contributed by atoms with E-state index in [0.29, 0.717) is 17.1 Å². The van der Waals surface area contributed by atoms with Crippen LogP contribution in [0, 0.1) is 11.6 Å². The minimum absolute atomic E-state index is 0.0871. The van der Waals surface area contributed by atoms with Crippen LogP contribution in [0.3, 0.4) is 0 Å². The van der Waals surface area contributed by atoms with E-state index >= 15 is 0 Å². The maximum Gasteiger partial charge on any atom is 0.169 e. The van der Waals surface area contributed by atoms with E-state index < -0.39 is 11.6 Å². The van der Waals surface area contributed by atoms with Crippen LogP contribution >= 0.6 is 15.9 Å². The Kier molecular flexibility index (Phi) is 6.23. The second-order valence-corrected chi connectivity index (χ2v) is 6.04. The largest absolute Gasteiger partial charge is 0.489 e. The summed E-state index contributed by atoms with van der Waals surface area (Å²) < 4.78 is 32.1. The standard InChI is InChI=1S/C15H20BrF2NO/c16-13-9-11(17)10-14(18)15(13)20-8-4-7-19-12-5-2-1-3-6-12/h9-10,12,19H,1-8H2. The molecule has 1 aliphatic carbocycles. The normalized spacial score (nSPS) is 16.4. The van der Waals surface area contributed by atoms with Crippen molar-refractivity contribution in [3.63, 3.8) is 0 Å². The maximum absolute atomic E-state index is 13.5. The third-order valence-electron chi connectivity index (χ3n) is 3.57. The average Bonchev–Trinajstić information content (AvgIpc) is 2.42. The Morgan fingerprint density at radius 3 is 2.65 bits per heavy atom. The minimum atomic E-state index is -0.669. The summed E-state index contributed by atoms with van der Waals surface area (Å²) in [7, 11) is 0. The predicted molar refractivity (Wildman–Crippen MR) is 79.0 cm³/mol. The Hall–Kier alpha value is -0.680. The van der Waals surface area contributed by atoms with Gasteiger partial charge in [0, 0.05) is 12.1 Å². The van der Waals surface area contributed by atoms with Crippen LogP contribution in [0.2, 0.25) is 0 Å². The molecule has 1 aromatic rings. The Balaban J connectivity index is 1.68. The number of hydrogen-bond acceptors (Lipinski definition) is 2. The lowest BCUT2D eigenvalue weighted by Gasteiger charge is -2.22. The van der Waals surface area contributed by atoms with Gasteiger partial charge in [-0.05, 0) is 47.8 Å². The van der Waals surface area contributed by atoms with Crippen LogP contribution < -0.4 is 10.1 Å². The Morgan fingerprint density at radius 2 is 1.95 bits per heavy atom. The molecule has 1 fully saturated rings. The molecule has 112 valence electrons. The molecule has 1 aromatic carbocycles. The van der Waals surface area contributed by atoms with E-state index in [4.69, 9.17) is 4.74 Å². The van der Waals surface area contributed by atoms with Gasteiger partial charge in [-0.25, -0.2) is 8.78 Å². The summed E-state index contributed by atoms with van der Waals surface area (Å²) >= 11 is 3.11. The summed E-state index contributed by atoms with van der Waals surface area (Å²) in [5, 5.41) is 3.50. The summed E-state index contributed by atoms with van der Waals surface area (Å²) in [6.45, 7) is 1.28. The predicted octanol–water partition coefficient (Wildman–Crippen LogP) is 4.42. The summed E-state index contributed by atoms with van der Waals surface area (Å²) in [5.74, 6) is -1.19. The molecule has 2 nitrogen and oxygen atoms in total. The molecular formula is C15H20BrF2NO. The lowest BCUT2D eigenvalue weighted by Crippen LogP contribution is -2.32. The molecule has 5 heteroatoms. The second kappa shape index (κ2) is 7.93. The Morgan fingerprint density at radius 1 is 1.20 bits per heavy atom. The molecule has 0 unspecified atom stereocenters. The van der Waals surface area contributed by atoms with E-state index in [1.165, 1.54) is 38.2 Å². The smallest absolute Gasteiger partial charge is 0.169 e. The zero-order valence-electron chi connectivity index (χ0n) is 11.4. The molecule has 0 spiro atoms. The van der Waals surface area contributed by atoms with Gasteiger partial charge < -0.3 is 10.1 Å². The van der Waals surface area contributed by atoms with Gasteiger partial charge in [0.15, 0.2) is 11.6 Å². The highest BCUT2D eigenvalue weighted by Crippen LogP contribution is 2.29. The SMILES string of the molecule is Fc1cc(F)c(OCCCNC2CCCCC2)c(Br)c1. The van der Waals surface area contributed by atoms with Crippen LogP contribution in [-0.4, -0.2) is 19.2 Å². The quantitative estimate of drug-likeness (QED) is 0.769. The first-order valence-electron chi connectivity index (χ1n) is 7.17. The van der Waals surface area contributed by atoms with Crippen molar-refractivity contribution < 1.29 is 13.5 Å². The highest BCUT2D eigenvalue weighted by molar-refractivity contribution is 9.10. The van der Waals surface area contributed by atoms with Crippen LogP contribution in [0.4, 0.5) is 8.78 Å². The van der Waals surface area contributed by atoms with Crippen molar-refractivity contribution in [3.05, 3.63) is 28.2 Å². The zero-order chi connectivity index (χ0) is 14.4. The van der Waals surface area contributed by atoms with Crippen LogP contribution in [0.15, 0.2) is 16.6 Å². The summed E-state index contributed by atoms with van der Waals surface area (Å²) in [4.78, 5) is 0. The Bertz CT molecular complexity index is 413. The molecule has 0 amide bonds. The molecule has 0 radical (unpaired) electrons. The highest BCUT2D eigenvalue weighted by atomic mass is 79.9. The van der Waals surface area contributed by atoms with Crippen LogP contribution in [-0.2, 0) is 0 Å². The lowest BCUT2D eigenvalue weighted by atomic mass is 9.95. The van der Waals surface area contributed by atoms with Gasteiger partial charge in [-0.2, -0.15) is 0 Å². The maximum atomic E-state index is 13.5. The van der Waals surface area contributed by atoms with Crippen molar-refractivity contribution >= 4 is 15.9 Å². The molecule has 20 heavy (non-hydrogen) atoms. The van der Waals surface area contributed by atoms with Crippen LogP contribution in [0.25, 0.3) is 0 Å². The summed E-state index contributed by atoms with van der Waals surface area (Å²) in [6.07, 6.45) is 7.26. The van der Waals surface area contributed by atoms with Crippen molar-refractivity contribution in [2.24, 2.45) is 0 Å². The number of hydrogen-bond donors (Lipinski definition) is 1. The molecular weight excluding hydrogens is 328 g/mol. The first-order valence-corrected chi connectivity index (χ1v) is 7.97. The minimum Gasteiger partial charge on any atom is -0.489 e. The van der Waals surface area contributed by atoms with Crippen molar-refractivity contribution in [2.45, 2.75) is 44.6 Å². The molecule has 0 saturated heterocycles. The van der Waals surface area contributed by atoms with E-state index in [0.717, 1.165) is 19.0 Å². The lowest BCUT2D eigenvalue weighted by molar-refractivity contribution is 0.282. The number of ether oxygens (including phenoxy) is 1. The molecule has 0 aromatic heterocycles. The molecule has 2 rings (SSSR count). The highest BCUT2D eigenvalue weighted by Gasteiger charge is 2.13. The fourth-order valence-corrected chi connectivity index (χ4v) is 3.05. The van der Waals surface area contributed by atoms with Crippen molar-refractivity contribution in [3.8, 4) is 5.75 Å². The third kappa shape index (κ3) is 4.70. The number of nitrogens with one attached hydrogen (secondary N) is 1. The first-order chi connectivity index (χ1) is 9.66. The molecule has 0 atom stereocenters. The van der Waals surface area contributed by atoms with Gasteiger partial charge in [-0.15, -0.1) is 0 Å². The topological polar surface area (TPSA) is 21.3 Å². The van der Waals surface area contributed by atoms with E-state index in [1.54, 1.807) is 0 Å². The van der Waals surface area contributed by atoms with Crippen molar-refractivity contribution in [2.75, 3.05) is 13.2 Å².